The number of nitrogens with two attached hydrogens (primary N) is 1. The Balaban J connectivity index is 1.92. The van der Waals surface area contributed by atoms with E-state index in [0.717, 1.165) is 10.0 Å². The molecule has 3 N–H and O–H groups in total. The van der Waals surface area contributed by atoms with Gasteiger partial charge in [0.1, 0.15) is 5.82 Å². The molecule has 0 aliphatic rings. The Hall–Kier alpha value is -1.72. The lowest BCUT2D eigenvalue weighted by Crippen LogP contribution is -2.14. The van der Waals surface area contributed by atoms with Crippen LogP contribution in [-0.2, 0) is 13.1 Å². The van der Waals surface area contributed by atoms with Gasteiger partial charge >= 0.3 is 0 Å². The van der Waals surface area contributed by atoms with Crippen molar-refractivity contribution < 1.29 is 9.18 Å². The van der Waals surface area contributed by atoms with Crippen molar-refractivity contribution >= 4 is 21.8 Å². The first kappa shape index (κ1) is 14.7. The summed E-state index contributed by atoms with van der Waals surface area (Å²) in [5.74, 6) is -0.675. The molecule has 0 radical (unpaired) electrons. The molecule has 0 aliphatic carbocycles. The van der Waals surface area contributed by atoms with E-state index in [9.17, 15) is 9.18 Å². The van der Waals surface area contributed by atoms with Crippen LogP contribution in [0.5, 0.6) is 0 Å². The van der Waals surface area contributed by atoms with Gasteiger partial charge in [0, 0.05) is 28.7 Å². The fourth-order valence-corrected chi connectivity index (χ4v) is 2.22. The van der Waals surface area contributed by atoms with E-state index >= 15 is 0 Å². The van der Waals surface area contributed by atoms with Crippen molar-refractivity contribution in [2.45, 2.75) is 13.1 Å². The van der Waals surface area contributed by atoms with E-state index in [1.54, 1.807) is 24.3 Å². The number of hydrogen-bond donors (Lipinski definition) is 2. The predicted molar refractivity (Wildman–Crippen MR) is 79.6 cm³/mol. The second-order valence-electron chi connectivity index (χ2n) is 4.40. The molecule has 0 fully saturated rings. The lowest BCUT2D eigenvalue weighted by atomic mass is 10.1. The van der Waals surface area contributed by atoms with Crippen LogP contribution < -0.4 is 11.1 Å². The molecule has 2 rings (SSSR count). The Labute approximate surface area is 125 Å². The Morgan fingerprint density at radius 1 is 1.15 bits per heavy atom. The van der Waals surface area contributed by atoms with Crippen LogP contribution >= 0.6 is 15.9 Å². The van der Waals surface area contributed by atoms with Crippen LogP contribution in [0.15, 0.2) is 46.9 Å². The maximum absolute atomic E-state index is 13.5. The molecule has 0 spiro atoms. The summed E-state index contributed by atoms with van der Waals surface area (Å²) < 4.78 is 14.4. The molecule has 104 valence electrons. The van der Waals surface area contributed by atoms with Crippen molar-refractivity contribution in [2.75, 3.05) is 0 Å². The quantitative estimate of drug-likeness (QED) is 0.881. The first-order valence-electron chi connectivity index (χ1n) is 6.09. The molecule has 0 bridgehead atoms. The average Bonchev–Trinajstić information content (AvgIpc) is 2.43. The van der Waals surface area contributed by atoms with E-state index in [4.69, 9.17) is 5.73 Å². The molecular weight excluding hydrogens is 323 g/mol. The van der Waals surface area contributed by atoms with Crippen LogP contribution in [0.4, 0.5) is 4.39 Å². The Bertz CT molecular complexity index is 614. The first-order valence-corrected chi connectivity index (χ1v) is 6.89. The molecule has 0 atom stereocenters. The van der Waals surface area contributed by atoms with Gasteiger partial charge in [-0.2, -0.15) is 0 Å². The zero-order valence-corrected chi connectivity index (χ0v) is 12.3. The van der Waals surface area contributed by atoms with Gasteiger partial charge in [-0.05, 0) is 35.9 Å². The molecule has 0 heterocycles. The molecular formula is C15H14BrFN2O. The Kier molecular flexibility index (Phi) is 4.87. The third kappa shape index (κ3) is 3.88. The van der Waals surface area contributed by atoms with E-state index in [0.29, 0.717) is 24.2 Å². The van der Waals surface area contributed by atoms with Gasteiger partial charge in [0.25, 0.3) is 0 Å². The minimum Gasteiger partial charge on any atom is -0.366 e. The van der Waals surface area contributed by atoms with Gasteiger partial charge < -0.3 is 11.1 Å². The summed E-state index contributed by atoms with van der Waals surface area (Å²) in [7, 11) is 0. The molecule has 0 saturated carbocycles. The normalized spacial score (nSPS) is 10.5. The van der Waals surface area contributed by atoms with Crippen LogP contribution in [0.2, 0.25) is 0 Å². The van der Waals surface area contributed by atoms with Crippen molar-refractivity contribution in [3.05, 3.63) is 69.4 Å². The van der Waals surface area contributed by atoms with Crippen molar-refractivity contribution in [1.82, 2.24) is 5.32 Å². The molecule has 1 amide bonds. The lowest BCUT2D eigenvalue weighted by molar-refractivity contribution is 0.100. The van der Waals surface area contributed by atoms with Gasteiger partial charge in [-0.15, -0.1) is 0 Å². The third-order valence-electron chi connectivity index (χ3n) is 2.89. The van der Waals surface area contributed by atoms with Crippen molar-refractivity contribution in [3.63, 3.8) is 0 Å². The second kappa shape index (κ2) is 6.63. The summed E-state index contributed by atoms with van der Waals surface area (Å²) in [6.45, 7) is 1.02. The molecule has 0 aromatic heterocycles. The molecule has 0 aliphatic heterocycles. The van der Waals surface area contributed by atoms with Crippen LogP contribution in [-0.4, -0.2) is 5.91 Å². The molecule has 5 heteroatoms. The van der Waals surface area contributed by atoms with E-state index in [-0.39, 0.29) is 5.82 Å². The van der Waals surface area contributed by atoms with Gasteiger partial charge in [0.2, 0.25) is 5.91 Å². The van der Waals surface area contributed by atoms with Crippen LogP contribution in [0.3, 0.4) is 0 Å². The van der Waals surface area contributed by atoms with Crippen molar-refractivity contribution in [3.8, 4) is 0 Å². The zero-order valence-electron chi connectivity index (χ0n) is 10.7. The first-order chi connectivity index (χ1) is 9.56. The van der Waals surface area contributed by atoms with E-state index in [2.05, 4.69) is 21.2 Å². The average molecular weight is 337 g/mol. The van der Waals surface area contributed by atoms with E-state index < -0.39 is 5.91 Å². The Morgan fingerprint density at radius 3 is 2.50 bits per heavy atom. The highest BCUT2D eigenvalue weighted by Gasteiger charge is 2.03. The van der Waals surface area contributed by atoms with Crippen molar-refractivity contribution in [2.24, 2.45) is 5.73 Å². The maximum Gasteiger partial charge on any atom is 0.248 e. The highest BCUT2D eigenvalue weighted by Crippen LogP contribution is 2.15. The van der Waals surface area contributed by atoms with Gasteiger partial charge in [-0.25, -0.2) is 4.39 Å². The summed E-state index contributed by atoms with van der Waals surface area (Å²) in [5, 5.41) is 3.16. The number of rotatable bonds is 5. The van der Waals surface area contributed by atoms with Crippen LogP contribution in [0.1, 0.15) is 21.5 Å². The standard InChI is InChI=1S/C15H14BrFN2O/c16-13-5-6-14(17)12(7-13)9-19-8-10-1-3-11(4-2-10)15(18)20/h1-7,19H,8-9H2,(H2,18,20). The number of carbonyl (C=O) groups is 1. The monoisotopic (exact) mass is 336 g/mol. The SMILES string of the molecule is NC(=O)c1ccc(CNCc2cc(Br)ccc2F)cc1. The van der Waals surface area contributed by atoms with Gasteiger partial charge in [0.15, 0.2) is 0 Å². The predicted octanol–water partition coefficient (Wildman–Crippen LogP) is 2.98. The topological polar surface area (TPSA) is 55.1 Å². The van der Waals surface area contributed by atoms with Crippen LogP contribution in [0.25, 0.3) is 0 Å². The lowest BCUT2D eigenvalue weighted by Gasteiger charge is -2.07. The van der Waals surface area contributed by atoms with E-state index in [1.807, 2.05) is 12.1 Å². The summed E-state index contributed by atoms with van der Waals surface area (Å²) in [4.78, 5) is 10.9. The van der Waals surface area contributed by atoms with Gasteiger partial charge in [-0.3, -0.25) is 4.79 Å². The highest BCUT2D eigenvalue weighted by atomic mass is 79.9. The number of nitrogens with one attached hydrogen (secondary N) is 1. The number of primary amides is 1. The fraction of sp³-hybridized carbons (Fsp3) is 0.133. The number of halogens is 2. The highest BCUT2D eigenvalue weighted by molar-refractivity contribution is 9.10. The Morgan fingerprint density at radius 2 is 1.85 bits per heavy atom. The largest absolute Gasteiger partial charge is 0.366 e. The number of benzene rings is 2. The minimum atomic E-state index is -0.444. The van der Waals surface area contributed by atoms with E-state index in [1.165, 1.54) is 6.07 Å². The number of carbonyl (C=O) groups excluding carboxylic acids is 1. The summed E-state index contributed by atoms with van der Waals surface area (Å²) in [5.41, 5.74) is 7.26. The zero-order chi connectivity index (χ0) is 14.5. The molecule has 0 unspecified atom stereocenters. The third-order valence-corrected chi connectivity index (χ3v) is 3.38. The van der Waals surface area contributed by atoms with Crippen molar-refractivity contribution in [1.29, 1.82) is 0 Å². The number of amides is 1. The molecule has 0 saturated heterocycles. The summed E-state index contributed by atoms with van der Waals surface area (Å²) in [6, 6.07) is 11.9. The smallest absolute Gasteiger partial charge is 0.248 e. The summed E-state index contributed by atoms with van der Waals surface area (Å²) >= 11 is 3.32. The van der Waals surface area contributed by atoms with Gasteiger partial charge in [-0.1, -0.05) is 28.1 Å². The molecule has 20 heavy (non-hydrogen) atoms. The molecule has 2 aromatic rings. The van der Waals surface area contributed by atoms with Gasteiger partial charge in [0.05, 0.1) is 0 Å². The molecule has 2 aromatic carbocycles. The minimum absolute atomic E-state index is 0.232. The summed E-state index contributed by atoms with van der Waals surface area (Å²) in [6.07, 6.45) is 0. The maximum atomic E-state index is 13.5. The fourth-order valence-electron chi connectivity index (χ4n) is 1.81. The second-order valence-corrected chi connectivity index (χ2v) is 5.32. The van der Waals surface area contributed by atoms with Crippen LogP contribution in [0, 0.1) is 5.82 Å². The molecule has 3 nitrogen and oxygen atoms in total. The number of hydrogen-bond acceptors (Lipinski definition) is 2.